The number of non-ortho nitro benzene ring substituents is 1. The van der Waals surface area contributed by atoms with Crippen molar-refractivity contribution >= 4 is 5.69 Å². The van der Waals surface area contributed by atoms with Crippen molar-refractivity contribution in [1.82, 2.24) is 5.32 Å². The molecule has 1 aliphatic rings. The topological polar surface area (TPSA) is 112 Å². The quantitative estimate of drug-likeness (QED) is 0.660. The zero-order valence-electron chi connectivity index (χ0n) is 13.2. The zero-order chi connectivity index (χ0) is 18.7. The maximum absolute atomic E-state index is 12.7. The van der Waals surface area contributed by atoms with E-state index < -0.39 is 17.5 Å². The van der Waals surface area contributed by atoms with E-state index in [1.165, 1.54) is 0 Å². The van der Waals surface area contributed by atoms with Gasteiger partial charge in [0.05, 0.1) is 34.1 Å². The summed E-state index contributed by atoms with van der Waals surface area (Å²) in [4.78, 5) is 10.4. The fourth-order valence-electron chi connectivity index (χ4n) is 2.68. The highest BCUT2D eigenvalue weighted by Gasteiger charge is 2.33. The number of ether oxygens (including phenoxy) is 1. The van der Waals surface area contributed by atoms with Gasteiger partial charge in [-0.3, -0.25) is 10.1 Å². The van der Waals surface area contributed by atoms with Gasteiger partial charge in [0.25, 0.3) is 5.69 Å². The van der Waals surface area contributed by atoms with E-state index in [-0.39, 0.29) is 28.1 Å². The highest BCUT2D eigenvalue weighted by molar-refractivity contribution is 5.60. The van der Waals surface area contributed by atoms with E-state index >= 15 is 0 Å². The average Bonchev–Trinajstić information content (AvgIpc) is 2.54. The summed E-state index contributed by atoms with van der Waals surface area (Å²) in [5.74, 6) is -1.36. The second-order valence-electron chi connectivity index (χ2n) is 5.22. The number of nitrogens with zero attached hydrogens (tertiary/aromatic N) is 3. The van der Waals surface area contributed by atoms with Crippen LogP contribution in [0, 0.1) is 32.8 Å². The smallest absolute Gasteiger partial charge is 0.387 e. The molecule has 1 heterocycles. The summed E-state index contributed by atoms with van der Waals surface area (Å²) >= 11 is 0. The van der Waals surface area contributed by atoms with Gasteiger partial charge in [-0.1, -0.05) is 0 Å². The van der Waals surface area contributed by atoms with Crippen LogP contribution in [0.4, 0.5) is 14.5 Å². The Morgan fingerprint density at radius 1 is 1.24 bits per heavy atom. The van der Waals surface area contributed by atoms with Gasteiger partial charge in [-0.25, -0.2) is 0 Å². The Morgan fingerprint density at radius 2 is 1.80 bits per heavy atom. The summed E-state index contributed by atoms with van der Waals surface area (Å²) in [5, 5.41) is 32.8. The minimum absolute atomic E-state index is 0.0391. The fourth-order valence-corrected chi connectivity index (χ4v) is 2.68. The Hall–Kier alpha value is -3.46. The number of rotatable bonds is 4. The number of halogens is 2. The lowest BCUT2D eigenvalue weighted by atomic mass is 9.81. The molecule has 0 saturated heterocycles. The van der Waals surface area contributed by atoms with Gasteiger partial charge in [-0.15, -0.1) is 0 Å². The molecular weight excluding hydrogens is 334 g/mol. The fraction of sp³-hybridized carbons (Fsp3) is 0.250. The van der Waals surface area contributed by atoms with Gasteiger partial charge in [0.1, 0.15) is 5.75 Å². The third-order valence-electron chi connectivity index (χ3n) is 3.73. The molecule has 7 nitrogen and oxygen atoms in total. The van der Waals surface area contributed by atoms with E-state index in [0.29, 0.717) is 11.4 Å². The molecule has 0 spiro atoms. The molecule has 0 aliphatic carbocycles. The van der Waals surface area contributed by atoms with Crippen LogP contribution >= 0.6 is 0 Å². The summed E-state index contributed by atoms with van der Waals surface area (Å²) in [6, 6.07) is 6.97. The molecule has 0 unspecified atom stereocenters. The highest BCUT2D eigenvalue weighted by Crippen LogP contribution is 2.42. The second-order valence-corrected chi connectivity index (χ2v) is 5.22. The zero-order valence-corrected chi connectivity index (χ0v) is 13.2. The lowest BCUT2D eigenvalue weighted by Gasteiger charge is -2.27. The molecule has 0 aromatic heterocycles. The van der Waals surface area contributed by atoms with Gasteiger partial charge in [-0.2, -0.15) is 19.3 Å². The van der Waals surface area contributed by atoms with Crippen molar-refractivity contribution in [3.63, 3.8) is 0 Å². The lowest BCUT2D eigenvalue weighted by molar-refractivity contribution is -0.385. The number of dihydropyridines is 1. The number of hydrogen-bond acceptors (Lipinski definition) is 6. The Labute approximate surface area is 141 Å². The first-order valence-corrected chi connectivity index (χ1v) is 7.02. The van der Waals surface area contributed by atoms with Crippen LogP contribution in [-0.4, -0.2) is 11.5 Å². The molecule has 0 bridgehead atoms. The summed E-state index contributed by atoms with van der Waals surface area (Å²) in [6.45, 7) is 0.0238. The largest absolute Gasteiger partial charge is 0.435 e. The predicted octanol–water partition coefficient (Wildman–Crippen LogP) is 3.48. The summed E-state index contributed by atoms with van der Waals surface area (Å²) in [5.41, 5.74) is 0.656. The molecule has 0 fully saturated rings. The van der Waals surface area contributed by atoms with Crippen molar-refractivity contribution in [3.8, 4) is 17.9 Å². The number of nitro groups is 1. The second kappa shape index (κ2) is 6.97. The first-order chi connectivity index (χ1) is 11.8. The van der Waals surface area contributed by atoms with Crippen LogP contribution in [0.5, 0.6) is 5.75 Å². The Balaban J connectivity index is 2.77. The number of allylic oxidation sites excluding steroid dienone is 4. The Bertz CT molecular complexity index is 842. The first-order valence-electron chi connectivity index (χ1n) is 7.02. The first kappa shape index (κ1) is 17.9. The van der Waals surface area contributed by atoms with Gasteiger partial charge in [0, 0.05) is 29.1 Å². The summed E-state index contributed by atoms with van der Waals surface area (Å²) < 4.78 is 29.9. The van der Waals surface area contributed by atoms with E-state index in [0.717, 1.165) is 18.2 Å². The predicted molar refractivity (Wildman–Crippen MR) is 82.2 cm³/mol. The van der Waals surface area contributed by atoms with Crippen molar-refractivity contribution in [2.24, 2.45) is 0 Å². The van der Waals surface area contributed by atoms with E-state index in [4.69, 9.17) is 0 Å². The van der Waals surface area contributed by atoms with Gasteiger partial charge in [0.2, 0.25) is 0 Å². The van der Waals surface area contributed by atoms with E-state index in [1.807, 2.05) is 12.1 Å². The van der Waals surface area contributed by atoms with Crippen LogP contribution in [0.25, 0.3) is 0 Å². The third-order valence-corrected chi connectivity index (χ3v) is 3.73. The molecule has 0 saturated carbocycles. The van der Waals surface area contributed by atoms with Gasteiger partial charge in [-0.05, 0) is 19.9 Å². The molecule has 0 radical (unpaired) electrons. The van der Waals surface area contributed by atoms with Crippen LogP contribution in [0.3, 0.4) is 0 Å². The average molecular weight is 346 g/mol. The molecule has 2 rings (SSSR count). The van der Waals surface area contributed by atoms with Crippen LogP contribution in [0.1, 0.15) is 25.3 Å². The Kier molecular flexibility index (Phi) is 4.99. The molecule has 1 aliphatic heterocycles. The molecular formula is C16H12F2N4O3. The standard InChI is InChI=1S/C16H12F2N4O3/c1-8-12(6-19)15(13(7-20)9(2)21-8)11-5-10(22(23)24)3-4-14(11)25-16(17)18/h3-5,15-16,21H,1-2H3. The number of nitro benzene ring substituents is 1. The van der Waals surface area contributed by atoms with Crippen molar-refractivity contribution in [1.29, 1.82) is 10.5 Å². The number of benzene rings is 1. The van der Waals surface area contributed by atoms with Gasteiger partial charge < -0.3 is 10.1 Å². The molecule has 0 amide bonds. The van der Waals surface area contributed by atoms with Gasteiger partial charge in [0.15, 0.2) is 0 Å². The van der Waals surface area contributed by atoms with Crippen molar-refractivity contribution in [2.75, 3.05) is 0 Å². The van der Waals surface area contributed by atoms with Crippen LogP contribution < -0.4 is 10.1 Å². The third kappa shape index (κ3) is 3.40. The van der Waals surface area contributed by atoms with E-state index in [2.05, 4.69) is 10.1 Å². The molecule has 0 atom stereocenters. The highest BCUT2D eigenvalue weighted by atomic mass is 19.3. The Morgan fingerprint density at radius 3 is 2.24 bits per heavy atom. The molecule has 128 valence electrons. The SMILES string of the molecule is CC1=C(C#N)C(c2cc([N+](=O)[O-])ccc2OC(F)F)C(C#N)=C(C)N1. The summed E-state index contributed by atoms with van der Waals surface area (Å²) in [7, 11) is 0. The molecule has 1 aromatic rings. The molecule has 25 heavy (non-hydrogen) atoms. The van der Waals surface area contributed by atoms with E-state index in [1.54, 1.807) is 13.8 Å². The van der Waals surface area contributed by atoms with Crippen molar-refractivity contribution < 1.29 is 18.4 Å². The number of nitriles is 2. The lowest BCUT2D eigenvalue weighted by Crippen LogP contribution is -2.24. The van der Waals surface area contributed by atoms with Crippen LogP contribution in [0.2, 0.25) is 0 Å². The number of nitrogens with one attached hydrogen (secondary N) is 1. The van der Waals surface area contributed by atoms with E-state index in [9.17, 15) is 29.4 Å². The monoisotopic (exact) mass is 346 g/mol. The minimum atomic E-state index is -3.16. The van der Waals surface area contributed by atoms with Crippen LogP contribution in [0.15, 0.2) is 40.7 Å². The van der Waals surface area contributed by atoms with Crippen molar-refractivity contribution in [3.05, 3.63) is 56.4 Å². The number of hydrogen-bond donors (Lipinski definition) is 1. The molecule has 1 aromatic carbocycles. The van der Waals surface area contributed by atoms with Crippen LogP contribution in [-0.2, 0) is 0 Å². The van der Waals surface area contributed by atoms with Gasteiger partial charge >= 0.3 is 6.61 Å². The molecule has 1 N–H and O–H groups in total. The molecule has 9 heteroatoms. The number of alkyl halides is 2. The maximum atomic E-state index is 12.7. The van der Waals surface area contributed by atoms with Crippen molar-refractivity contribution in [2.45, 2.75) is 26.4 Å². The maximum Gasteiger partial charge on any atom is 0.387 e. The minimum Gasteiger partial charge on any atom is -0.435 e. The normalized spacial score (nSPS) is 14.8. The summed E-state index contributed by atoms with van der Waals surface area (Å²) in [6.07, 6.45) is 0.